The number of benzene rings is 1. The van der Waals surface area contributed by atoms with Crippen LogP contribution >= 0.6 is 45.8 Å². The van der Waals surface area contributed by atoms with Crippen LogP contribution in [0.15, 0.2) is 24.3 Å². The summed E-state index contributed by atoms with van der Waals surface area (Å²) in [6, 6.07) is 6.17. The molecule has 1 aromatic carbocycles. The minimum Gasteiger partial charge on any atom is -0.382 e. The van der Waals surface area contributed by atoms with Crippen LogP contribution in [0.4, 0.5) is 21.7 Å². The summed E-state index contributed by atoms with van der Waals surface area (Å²) in [5.74, 6) is 0.177. The molecule has 0 radical (unpaired) electrons. The van der Waals surface area contributed by atoms with Crippen molar-refractivity contribution in [2.24, 2.45) is 0 Å². The third-order valence-corrected chi connectivity index (χ3v) is 3.85. The number of pyridine rings is 1. The molecule has 94 valence electrons. The van der Waals surface area contributed by atoms with Gasteiger partial charge in [0.05, 0.1) is 19.3 Å². The van der Waals surface area contributed by atoms with Crippen molar-refractivity contribution in [2.75, 3.05) is 11.1 Å². The zero-order valence-corrected chi connectivity index (χ0v) is 12.5. The van der Waals surface area contributed by atoms with Crippen molar-refractivity contribution in [1.82, 2.24) is 4.98 Å². The number of halogens is 4. The summed E-state index contributed by atoms with van der Waals surface area (Å²) in [5, 5.41) is 3.51. The van der Waals surface area contributed by atoms with Gasteiger partial charge in [0.15, 0.2) is 5.82 Å². The lowest BCUT2D eigenvalue weighted by Gasteiger charge is -2.11. The summed E-state index contributed by atoms with van der Waals surface area (Å²) in [6.45, 7) is 0. The number of nitrogens with one attached hydrogen (secondary N) is 1. The molecule has 1 aromatic heterocycles. The monoisotopic (exact) mass is 397 g/mol. The fraction of sp³-hybridized carbons (Fsp3) is 0. The molecule has 0 amide bonds. The molecule has 3 N–H and O–H groups in total. The van der Waals surface area contributed by atoms with Crippen LogP contribution in [0.25, 0.3) is 0 Å². The van der Waals surface area contributed by atoms with E-state index >= 15 is 0 Å². The maximum absolute atomic E-state index is 13.4. The molecule has 18 heavy (non-hydrogen) atoms. The molecule has 0 bridgehead atoms. The van der Waals surface area contributed by atoms with Gasteiger partial charge in [0.25, 0.3) is 0 Å². The fourth-order valence-corrected chi connectivity index (χ4v) is 2.20. The first-order valence-corrected chi connectivity index (χ1v) is 6.65. The first-order valence-electron chi connectivity index (χ1n) is 4.81. The Morgan fingerprint density at radius 1 is 1.28 bits per heavy atom. The average molecular weight is 398 g/mol. The van der Waals surface area contributed by atoms with Gasteiger partial charge in [-0.1, -0.05) is 29.3 Å². The standard InChI is InChI=1S/C11H7Cl2FIN3/c12-5-4-6(13)11(18-10(5)16)17-8-3-1-2-7(14)9(8)15/h1-4H,(H3,16,17,18). The Kier molecular flexibility index (Phi) is 4.14. The molecular formula is C11H7Cl2FIN3. The Labute approximate surface area is 127 Å². The minimum absolute atomic E-state index is 0.162. The van der Waals surface area contributed by atoms with Crippen LogP contribution in [-0.2, 0) is 0 Å². The van der Waals surface area contributed by atoms with Crippen molar-refractivity contribution in [3.05, 3.63) is 43.7 Å². The quantitative estimate of drug-likeness (QED) is 0.735. The van der Waals surface area contributed by atoms with Gasteiger partial charge in [-0.25, -0.2) is 9.37 Å². The minimum atomic E-state index is -0.321. The van der Waals surface area contributed by atoms with E-state index in [1.165, 1.54) is 12.1 Å². The molecule has 0 aliphatic rings. The van der Waals surface area contributed by atoms with Gasteiger partial charge < -0.3 is 11.1 Å². The van der Waals surface area contributed by atoms with Crippen molar-refractivity contribution in [1.29, 1.82) is 0 Å². The van der Waals surface area contributed by atoms with Gasteiger partial charge in [0.2, 0.25) is 0 Å². The number of rotatable bonds is 2. The largest absolute Gasteiger partial charge is 0.382 e. The first kappa shape index (κ1) is 13.6. The van der Waals surface area contributed by atoms with Crippen LogP contribution in [0.2, 0.25) is 10.0 Å². The number of nitrogen functional groups attached to an aromatic ring is 1. The number of aromatic nitrogens is 1. The number of nitrogens with zero attached hydrogens (tertiary/aromatic N) is 1. The zero-order valence-electron chi connectivity index (χ0n) is 8.85. The molecule has 0 atom stereocenters. The van der Waals surface area contributed by atoms with E-state index in [0.717, 1.165) is 0 Å². The fourth-order valence-electron chi connectivity index (χ4n) is 1.30. The summed E-state index contributed by atoms with van der Waals surface area (Å²) in [5.41, 5.74) is 6.16. The van der Waals surface area contributed by atoms with Crippen molar-refractivity contribution < 1.29 is 4.39 Å². The third-order valence-electron chi connectivity index (χ3n) is 2.16. The number of hydrogen-bond donors (Lipinski definition) is 2. The Morgan fingerprint density at radius 2 is 2.00 bits per heavy atom. The molecule has 0 saturated heterocycles. The molecular weight excluding hydrogens is 391 g/mol. The normalized spacial score (nSPS) is 10.4. The molecule has 0 fully saturated rings. The molecule has 0 unspecified atom stereocenters. The molecule has 1 heterocycles. The summed E-state index contributed by atoms with van der Waals surface area (Å²) >= 11 is 13.7. The molecule has 3 nitrogen and oxygen atoms in total. The first-order chi connectivity index (χ1) is 8.49. The molecule has 0 aliphatic heterocycles. The maximum Gasteiger partial charge on any atom is 0.151 e. The van der Waals surface area contributed by atoms with Crippen LogP contribution in [0.1, 0.15) is 0 Å². The van der Waals surface area contributed by atoms with E-state index in [1.807, 2.05) is 22.6 Å². The number of hydrogen-bond acceptors (Lipinski definition) is 3. The van der Waals surface area contributed by atoms with Crippen LogP contribution in [-0.4, -0.2) is 4.98 Å². The van der Waals surface area contributed by atoms with E-state index in [2.05, 4.69) is 10.3 Å². The van der Waals surface area contributed by atoms with E-state index < -0.39 is 0 Å². The molecule has 7 heteroatoms. The average Bonchev–Trinajstić information content (AvgIpc) is 2.32. The lowest BCUT2D eigenvalue weighted by atomic mass is 10.3. The predicted octanol–water partition coefficient (Wildman–Crippen LogP) is 4.46. The van der Waals surface area contributed by atoms with Gasteiger partial charge in [0.1, 0.15) is 11.6 Å². The Hall–Kier alpha value is -0.790. The van der Waals surface area contributed by atoms with Crippen LogP contribution in [0, 0.1) is 9.39 Å². The van der Waals surface area contributed by atoms with E-state index in [9.17, 15) is 4.39 Å². The highest BCUT2D eigenvalue weighted by molar-refractivity contribution is 14.1. The summed E-state index contributed by atoms with van der Waals surface area (Å²) < 4.78 is 13.8. The summed E-state index contributed by atoms with van der Waals surface area (Å²) in [6.07, 6.45) is 0. The highest BCUT2D eigenvalue weighted by atomic mass is 127. The van der Waals surface area contributed by atoms with Crippen molar-refractivity contribution in [3.63, 3.8) is 0 Å². The van der Waals surface area contributed by atoms with Gasteiger partial charge in [-0.15, -0.1) is 0 Å². The van der Waals surface area contributed by atoms with Crippen LogP contribution in [0.5, 0.6) is 0 Å². The van der Waals surface area contributed by atoms with Crippen LogP contribution in [0.3, 0.4) is 0 Å². The van der Waals surface area contributed by atoms with E-state index in [0.29, 0.717) is 20.1 Å². The SMILES string of the molecule is Nc1nc(Nc2cccc(F)c2I)c(Cl)cc1Cl. The second-order valence-electron chi connectivity index (χ2n) is 3.41. The molecule has 2 rings (SSSR count). The van der Waals surface area contributed by atoms with Crippen molar-refractivity contribution in [2.45, 2.75) is 0 Å². The van der Waals surface area contributed by atoms with Gasteiger partial charge >= 0.3 is 0 Å². The maximum atomic E-state index is 13.4. The van der Waals surface area contributed by atoms with Crippen molar-refractivity contribution >= 4 is 63.1 Å². The highest BCUT2D eigenvalue weighted by Gasteiger charge is 2.10. The van der Waals surface area contributed by atoms with Gasteiger partial charge in [0, 0.05) is 0 Å². The predicted molar refractivity (Wildman–Crippen MR) is 81.1 cm³/mol. The van der Waals surface area contributed by atoms with Gasteiger partial charge in [-0.3, -0.25) is 0 Å². The van der Waals surface area contributed by atoms with Gasteiger partial charge in [-0.05, 0) is 40.8 Å². The molecule has 0 saturated carbocycles. The Bertz CT molecular complexity index is 607. The zero-order chi connectivity index (χ0) is 13.3. The smallest absolute Gasteiger partial charge is 0.151 e. The lowest BCUT2D eigenvalue weighted by molar-refractivity contribution is 0.621. The second-order valence-corrected chi connectivity index (χ2v) is 5.31. The Balaban J connectivity index is 2.40. The van der Waals surface area contributed by atoms with E-state index in [-0.39, 0.29) is 16.7 Å². The summed E-state index contributed by atoms with van der Waals surface area (Å²) in [7, 11) is 0. The second kappa shape index (κ2) is 5.46. The molecule has 0 aliphatic carbocycles. The number of nitrogens with two attached hydrogens (primary N) is 1. The number of anilines is 3. The van der Waals surface area contributed by atoms with Crippen LogP contribution < -0.4 is 11.1 Å². The topological polar surface area (TPSA) is 50.9 Å². The van der Waals surface area contributed by atoms with Crippen molar-refractivity contribution in [3.8, 4) is 0 Å². The molecule has 2 aromatic rings. The summed E-state index contributed by atoms with van der Waals surface area (Å²) in [4.78, 5) is 4.02. The molecule has 0 spiro atoms. The van der Waals surface area contributed by atoms with E-state index in [4.69, 9.17) is 28.9 Å². The third kappa shape index (κ3) is 2.78. The lowest BCUT2D eigenvalue weighted by Crippen LogP contribution is -2.01. The van der Waals surface area contributed by atoms with E-state index in [1.54, 1.807) is 12.1 Å². The Morgan fingerprint density at radius 3 is 2.72 bits per heavy atom. The van der Waals surface area contributed by atoms with Gasteiger partial charge in [-0.2, -0.15) is 0 Å². The highest BCUT2D eigenvalue weighted by Crippen LogP contribution is 2.31.